The minimum atomic E-state index is -0.359. The number of esters is 2. The summed E-state index contributed by atoms with van der Waals surface area (Å²) < 4.78 is 4.61. The highest BCUT2D eigenvalue weighted by molar-refractivity contribution is 5.94. The van der Waals surface area contributed by atoms with E-state index >= 15 is 0 Å². The standard InChI is InChI=1S/C14H18O3/c1-14(2)10-4-3-8(11(14)7-10)5-9-6-12(15)17-13(9)16/h3,9-11H,4-7H2,1-2H3/t9-,10-,11+/m1/s1. The van der Waals surface area contributed by atoms with E-state index < -0.39 is 0 Å². The lowest BCUT2D eigenvalue weighted by Crippen LogP contribution is -2.48. The van der Waals surface area contributed by atoms with E-state index in [9.17, 15) is 9.59 Å². The summed E-state index contributed by atoms with van der Waals surface area (Å²) in [6.07, 6.45) is 5.68. The first kappa shape index (κ1) is 11.0. The smallest absolute Gasteiger partial charge is 0.317 e. The topological polar surface area (TPSA) is 43.4 Å². The molecule has 3 heteroatoms. The van der Waals surface area contributed by atoms with Gasteiger partial charge in [-0.1, -0.05) is 25.5 Å². The second-order valence-corrected chi connectivity index (χ2v) is 6.22. The summed E-state index contributed by atoms with van der Waals surface area (Å²) in [4.78, 5) is 22.5. The molecule has 1 heterocycles. The van der Waals surface area contributed by atoms with Crippen LogP contribution in [0.3, 0.4) is 0 Å². The van der Waals surface area contributed by atoms with Crippen molar-refractivity contribution in [2.45, 2.75) is 39.5 Å². The van der Waals surface area contributed by atoms with Crippen LogP contribution in [0.25, 0.3) is 0 Å². The maximum atomic E-state index is 11.5. The van der Waals surface area contributed by atoms with E-state index in [1.54, 1.807) is 0 Å². The molecular weight excluding hydrogens is 216 g/mol. The third-order valence-corrected chi connectivity index (χ3v) is 5.03. The lowest BCUT2D eigenvalue weighted by molar-refractivity contribution is -0.153. The van der Waals surface area contributed by atoms with E-state index in [0.717, 1.165) is 18.8 Å². The molecule has 1 saturated heterocycles. The molecule has 0 amide bonds. The Bertz CT molecular complexity index is 419. The highest BCUT2D eigenvalue weighted by Gasteiger charge is 2.51. The Morgan fingerprint density at radius 3 is 2.71 bits per heavy atom. The molecule has 17 heavy (non-hydrogen) atoms. The first-order chi connectivity index (χ1) is 7.98. The van der Waals surface area contributed by atoms with Gasteiger partial charge in [-0.05, 0) is 36.5 Å². The molecular formula is C14H18O3. The van der Waals surface area contributed by atoms with Crippen molar-refractivity contribution in [2.75, 3.05) is 0 Å². The van der Waals surface area contributed by atoms with Gasteiger partial charge in [0.25, 0.3) is 0 Å². The normalized spacial score (nSPS) is 38.5. The minimum absolute atomic E-state index is 0.221. The van der Waals surface area contributed by atoms with Crippen molar-refractivity contribution in [2.24, 2.45) is 23.2 Å². The SMILES string of the molecule is CC1(C)[C@@H]2CC=C(C[C@@H]3CC(=O)OC3=O)[C@@H]1C2. The maximum absolute atomic E-state index is 11.5. The monoisotopic (exact) mass is 234 g/mol. The van der Waals surface area contributed by atoms with Crippen LogP contribution in [0, 0.1) is 23.2 Å². The zero-order valence-corrected chi connectivity index (χ0v) is 10.4. The number of rotatable bonds is 2. The molecule has 0 aromatic carbocycles. The van der Waals surface area contributed by atoms with Crippen molar-refractivity contribution in [3.8, 4) is 0 Å². The Kier molecular flexibility index (Phi) is 2.22. The average Bonchev–Trinajstić information content (AvgIpc) is 2.57. The predicted molar refractivity (Wildman–Crippen MR) is 61.9 cm³/mol. The molecule has 1 saturated carbocycles. The Morgan fingerprint density at radius 1 is 1.41 bits per heavy atom. The lowest BCUT2D eigenvalue weighted by atomic mass is 9.48. The van der Waals surface area contributed by atoms with Gasteiger partial charge in [-0.3, -0.25) is 9.59 Å². The molecule has 0 spiro atoms. The molecule has 3 nitrogen and oxygen atoms in total. The van der Waals surface area contributed by atoms with Crippen molar-refractivity contribution < 1.29 is 14.3 Å². The van der Waals surface area contributed by atoms with Crippen molar-refractivity contribution in [3.05, 3.63) is 11.6 Å². The second-order valence-electron chi connectivity index (χ2n) is 6.22. The molecule has 0 aromatic rings. The van der Waals surface area contributed by atoms with Gasteiger partial charge < -0.3 is 4.74 Å². The van der Waals surface area contributed by atoms with Gasteiger partial charge in [0.15, 0.2) is 0 Å². The highest BCUT2D eigenvalue weighted by Crippen LogP contribution is 2.60. The third-order valence-electron chi connectivity index (χ3n) is 5.03. The van der Waals surface area contributed by atoms with E-state index in [-0.39, 0.29) is 24.3 Å². The lowest BCUT2D eigenvalue weighted by Gasteiger charge is -2.56. The number of hydrogen-bond donors (Lipinski definition) is 0. The summed E-state index contributed by atoms with van der Waals surface area (Å²) in [6.45, 7) is 4.63. The molecule has 2 bridgehead atoms. The van der Waals surface area contributed by atoms with Gasteiger partial charge >= 0.3 is 11.9 Å². The molecule has 0 N–H and O–H groups in total. The molecule has 3 atom stereocenters. The molecule has 2 fully saturated rings. The fourth-order valence-corrected chi connectivity index (χ4v) is 3.67. The van der Waals surface area contributed by atoms with Gasteiger partial charge in [-0.15, -0.1) is 0 Å². The van der Waals surface area contributed by atoms with Crippen molar-refractivity contribution in [1.29, 1.82) is 0 Å². The summed E-state index contributed by atoms with van der Waals surface area (Å²) >= 11 is 0. The number of hydrogen-bond acceptors (Lipinski definition) is 3. The molecule has 0 radical (unpaired) electrons. The predicted octanol–water partition coefficient (Wildman–Crippen LogP) is 2.46. The van der Waals surface area contributed by atoms with E-state index in [4.69, 9.17) is 0 Å². The van der Waals surface area contributed by atoms with Crippen LogP contribution in [-0.4, -0.2) is 11.9 Å². The quantitative estimate of drug-likeness (QED) is 0.419. The fourth-order valence-electron chi connectivity index (χ4n) is 3.67. The van der Waals surface area contributed by atoms with Gasteiger partial charge in [-0.2, -0.15) is 0 Å². The van der Waals surface area contributed by atoms with Gasteiger partial charge in [0.05, 0.1) is 12.3 Å². The van der Waals surface area contributed by atoms with Crippen LogP contribution in [0.2, 0.25) is 0 Å². The minimum Gasteiger partial charge on any atom is -0.393 e. The number of cyclic esters (lactones) is 2. The summed E-state index contributed by atoms with van der Waals surface area (Å²) in [7, 11) is 0. The molecule has 0 unspecified atom stereocenters. The van der Waals surface area contributed by atoms with E-state index in [0.29, 0.717) is 11.3 Å². The number of carbonyl (C=O) groups excluding carboxylic acids is 2. The Labute approximate surface area is 101 Å². The van der Waals surface area contributed by atoms with E-state index in [1.807, 2.05) is 0 Å². The fraction of sp³-hybridized carbons (Fsp3) is 0.714. The Morgan fingerprint density at radius 2 is 2.18 bits per heavy atom. The van der Waals surface area contributed by atoms with Gasteiger partial charge in [0.2, 0.25) is 0 Å². The van der Waals surface area contributed by atoms with Crippen LogP contribution in [0.1, 0.15) is 39.5 Å². The number of fused-ring (bicyclic) bond motifs is 1. The van der Waals surface area contributed by atoms with E-state index in [1.165, 1.54) is 12.0 Å². The van der Waals surface area contributed by atoms with Crippen LogP contribution in [0.4, 0.5) is 0 Å². The number of allylic oxidation sites excluding steroid dienone is 2. The molecule has 1 aliphatic heterocycles. The molecule has 3 aliphatic carbocycles. The van der Waals surface area contributed by atoms with Gasteiger partial charge in [-0.25, -0.2) is 0 Å². The maximum Gasteiger partial charge on any atom is 0.317 e. The number of ether oxygens (including phenoxy) is 1. The van der Waals surface area contributed by atoms with Crippen LogP contribution in [0.15, 0.2) is 11.6 Å². The van der Waals surface area contributed by atoms with Crippen LogP contribution >= 0.6 is 0 Å². The first-order valence-electron chi connectivity index (χ1n) is 6.42. The second kappa shape index (κ2) is 3.44. The van der Waals surface area contributed by atoms with Crippen molar-refractivity contribution in [1.82, 2.24) is 0 Å². The van der Waals surface area contributed by atoms with Crippen molar-refractivity contribution >= 4 is 11.9 Å². The third kappa shape index (κ3) is 1.55. The van der Waals surface area contributed by atoms with Crippen LogP contribution in [-0.2, 0) is 14.3 Å². The van der Waals surface area contributed by atoms with Crippen LogP contribution < -0.4 is 0 Å². The molecule has 92 valence electrons. The van der Waals surface area contributed by atoms with Crippen LogP contribution in [0.5, 0.6) is 0 Å². The summed E-state index contributed by atoms with van der Waals surface area (Å²) in [5.74, 6) is 0.525. The highest BCUT2D eigenvalue weighted by atomic mass is 16.6. The van der Waals surface area contributed by atoms with Gasteiger partial charge in [0, 0.05) is 0 Å². The summed E-state index contributed by atoms with van der Waals surface area (Å²) in [5.41, 5.74) is 1.77. The molecule has 4 rings (SSSR count). The largest absolute Gasteiger partial charge is 0.393 e. The number of carbonyl (C=O) groups is 2. The molecule has 4 aliphatic rings. The first-order valence-corrected chi connectivity index (χ1v) is 6.42. The molecule has 0 aromatic heterocycles. The summed E-state index contributed by atoms with van der Waals surface area (Å²) in [6, 6.07) is 0. The average molecular weight is 234 g/mol. The Balaban J connectivity index is 1.72. The Hall–Kier alpha value is -1.12. The van der Waals surface area contributed by atoms with Crippen molar-refractivity contribution in [3.63, 3.8) is 0 Å². The van der Waals surface area contributed by atoms with Gasteiger partial charge in [0.1, 0.15) is 0 Å². The summed E-state index contributed by atoms with van der Waals surface area (Å²) in [5, 5.41) is 0. The van der Waals surface area contributed by atoms with E-state index in [2.05, 4.69) is 24.7 Å². The zero-order valence-electron chi connectivity index (χ0n) is 10.4. The zero-order chi connectivity index (χ0) is 12.2.